The van der Waals surface area contributed by atoms with E-state index in [9.17, 15) is 4.79 Å². The smallest absolute Gasteiger partial charge is 0.239 e. The van der Waals surface area contributed by atoms with Crippen LogP contribution in [0.2, 0.25) is 0 Å². The number of nitrogens with zero attached hydrogens (tertiary/aromatic N) is 1. The molecule has 88 valence electrons. The molecule has 0 spiro atoms. The summed E-state index contributed by atoms with van der Waals surface area (Å²) < 4.78 is 1.16. The van der Waals surface area contributed by atoms with Gasteiger partial charge in [-0.15, -0.1) is 11.3 Å². The summed E-state index contributed by atoms with van der Waals surface area (Å²) in [5.74, 6) is 0.215. The molecule has 5 heteroatoms. The largest absolute Gasteiger partial charge is 0.344 e. The molecule has 0 aromatic carbocycles. The van der Waals surface area contributed by atoms with Gasteiger partial charge in [0, 0.05) is 34.4 Å². The van der Waals surface area contributed by atoms with Crippen LogP contribution in [0.15, 0.2) is 10.5 Å². The minimum atomic E-state index is 0.00572. The Morgan fingerprint density at radius 2 is 2.44 bits per heavy atom. The Balaban J connectivity index is 1.90. The van der Waals surface area contributed by atoms with Gasteiger partial charge in [-0.2, -0.15) is 0 Å². The molecule has 16 heavy (non-hydrogen) atoms. The first kappa shape index (κ1) is 12.1. The molecular formula is C11H15BrN2OS. The summed E-state index contributed by atoms with van der Waals surface area (Å²) in [4.78, 5) is 16.0. The lowest BCUT2D eigenvalue weighted by atomic mass is 10.2. The number of hydrogen-bond acceptors (Lipinski definition) is 3. The molecule has 1 unspecified atom stereocenters. The van der Waals surface area contributed by atoms with Gasteiger partial charge in [-0.1, -0.05) is 0 Å². The molecule has 1 fully saturated rings. The minimum Gasteiger partial charge on any atom is -0.344 e. The van der Waals surface area contributed by atoms with Crippen molar-refractivity contribution >= 4 is 33.2 Å². The van der Waals surface area contributed by atoms with Crippen molar-refractivity contribution in [1.29, 1.82) is 0 Å². The molecule has 0 aliphatic carbocycles. The molecule has 1 aromatic heterocycles. The Bertz CT molecular complexity index is 385. The SMILES string of the molecule is Cc1sc(CNC2CCN(C)C2=O)cc1Br. The fourth-order valence-electron chi connectivity index (χ4n) is 1.84. The first-order valence-corrected chi connectivity index (χ1v) is 6.92. The number of amides is 1. The quantitative estimate of drug-likeness (QED) is 0.928. The standard InChI is InChI=1S/C11H15BrN2OS/c1-7-9(12)5-8(16-7)6-13-10-3-4-14(2)11(10)15/h5,10,13H,3-4,6H2,1-2H3. The number of rotatable bonds is 3. The van der Waals surface area contributed by atoms with E-state index in [-0.39, 0.29) is 11.9 Å². The average molecular weight is 303 g/mol. The number of halogens is 1. The molecule has 1 aliphatic rings. The Hall–Kier alpha value is -0.390. The van der Waals surface area contributed by atoms with Gasteiger partial charge in [0.1, 0.15) is 0 Å². The van der Waals surface area contributed by atoms with Crippen LogP contribution in [0.5, 0.6) is 0 Å². The highest BCUT2D eigenvalue weighted by atomic mass is 79.9. The van der Waals surface area contributed by atoms with Crippen LogP contribution in [0.3, 0.4) is 0 Å². The van der Waals surface area contributed by atoms with Crippen molar-refractivity contribution in [3.05, 3.63) is 20.3 Å². The highest BCUT2D eigenvalue weighted by Gasteiger charge is 2.28. The lowest BCUT2D eigenvalue weighted by Gasteiger charge is -2.11. The molecule has 0 saturated carbocycles. The summed E-state index contributed by atoms with van der Waals surface area (Å²) in [6.45, 7) is 3.73. The maximum Gasteiger partial charge on any atom is 0.239 e. The first-order chi connectivity index (χ1) is 7.58. The summed E-state index contributed by atoms with van der Waals surface area (Å²) in [7, 11) is 1.86. The molecular weight excluding hydrogens is 288 g/mol. The molecule has 1 amide bonds. The molecule has 1 atom stereocenters. The van der Waals surface area contributed by atoms with Crippen molar-refractivity contribution in [2.75, 3.05) is 13.6 Å². The fourth-order valence-corrected chi connectivity index (χ4v) is 3.39. The third-order valence-electron chi connectivity index (χ3n) is 2.86. The fraction of sp³-hybridized carbons (Fsp3) is 0.545. The van der Waals surface area contributed by atoms with Crippen LogP contribution in [0, 0.1) is 6.92 Å². The monoisotopic (exact) mass is 302 g/mol. The third-order valence-corrected chi connectivity index (χ3v) is 5.00. The summed E-state index contributed by atoms with van der Waals surface area (Å²) in [6.07, 6.45) is 0.918. The molecule has 1 aliphatic heterocycles. The summed E-state index contributed by atoms with van der Waals surface area (Å²) in [5, 5.41) is 3.32. The second kappa shape index (κ2) is 4.85. The maximum absolute atomic E-state index is 11.7. The van der Waals surface area contributed by atoms with Gasteiger partial charge in [0.25, 0.3) is 0 Å². The first-order valence-electron chi connectivity index (χ1n) is 5.31. The Labute approximate surface area is 108 Å². The van der Waals surface area contributed by atoms with Gasteiger partial charge >= 0.3 is 0 Å². The van der Waals surface area contributed by atoms with Crippen LogP contribution in [0.25, 0.3) is 0 Å². The normalized spacial score (nSPS) is 20.8. The number of aryl methyl sites for hydroxylation is 1. The van der Waals surface area contributed by atoms with Crippen LogP contribution < -0.4 is 5.32 Å². The summed E-state index contributed by atoms with van der Waals surface area (Å²) in [6, 6.07) is 2.13. The molecule has 2 rings (SSSR count). The van der Waals surface area contributed by atoms with E-state index in [4.69, 9.17) is 0 Å². The van der Waals surface area contributed by atoms with E-state index >= 15 is 0 Å². The van der Waals surface area contributed by atoms with Crippen LogP contribution >= 0.6 is 27.3 Å². The molecule has 1 saturated heterocycles. The van der Waals surface area contributed by atoms with Crippen LogP contribution in [-0.4, -0.2) is 30.4 Å². The zero-order chi connectivity index (χ0) is 11.7. The average Bonchev–Trinajstić information content (AvgIpc) is 2.72. The van der Waals surface area contributed by atoms with Crippen LogP contribution in [-0.2, 0) is 11.3 Å². The predicted octanol–water partition coefficient (Wildman–Crippen LogP) is 2.14. The Kier molecular flexibility index (Phi) is 3.66. The molecule has 0 radical (unpaired) electrons. The summed E-state index contributed by atoms with van der Waals surface area (Å²) >= 11 is 5.26. The van der Waals surface area contributed by atoms with Gasteiger partial charge in [-0.3, -0.25) is 4.79 Å². The van der Waals surface area contributed by atoms with E-state index in [2.05, 4.69) is 34.2 Å². The van der Waals surface area contributed by atoms with E-state index < -0.39 is 0 Å². The van der Waals surface area contributed by atoms with Crippen LogP contribution in [0.4, 0.5) is 0 Å². The number of hydrogen-bond donors (Lipinski definition) is 1. The van der Waals surface area contributed by atoms with Gasteiger partial charge in [0.15, 0.2) is 0 Å². The summed E-state index contributed by atoms with van der Waals surface area (Å²) in [5.41, 5.74) is 0. The number of carbonyl (C=O) groups excluding carboxylic acids is 1. The maximum atomic E-state index is 11.7. The molecule has 0 bridgehead atoms. The lowest BCUT2D eigenvalue weighted by molar-refractivity contribution is -0.128. The van der Waals surface area contributed by atoms with Gasteiger partial charge in [0.05, 0.1) is 6.04 Å². The number of likely N-dealkylation sites (N-methyl/N-ethyl adjacent to an activating group) is 1. The van der Waals surface area contributed by atoms with E-state index in [1.807, 2.05) is 7.05 Å². The van der Waals surface area contributed by atoms with E-state index in [1.165, 1.54) is 9.75 Å². The number of carbonyl (C=O) groups is 1. The van der Waals surface area contributed by atoms with Crippen molar-refractivity contribution in [1.82, 2.24) is 10.2 Å². The van der Waals surface area contributed by atoms with E-state index in [0.717, 1.165) is 24.0 Å². The number of likely N-dealkylation sites (tertiary alicyclic amines) is 1. The van der Waals surface area contributed by atoms with E-state index in [1.54, 1.807) is 16.2 Å². The van der Waals surface area contributed by atoms with Gasteiger partial charge < -0.3 is 10.2 Å². The van der Waals surface area contributed by atoms with Crippen molar-refractivity contribution in [2.24, 2.45) is 0 Å². The Morgan fingerprint density at radius 3 is 2.94 bits per heavy atom. The van der Waals surface area contributed by atoms with Crippen molar-refractivity contribution in [2.45, 2.75) is 25.9 Å². The van der Waals surface area contributed by atoms with Crippen LogP contribution in [0.1, 0.15) is 16.2 Å². The highest BCUT2D eigenvalue weighted by Crippen LogP contribution is 2.26. The predicted molar refractivity (Wildman–Crippen MR) is 69.6 cm³/mol. The second-order valence-corrected chi connectivity index (χ2v) is 6.29. The number of nitrogens with one attached hydrogen (secondary N) is 1. The van der Waals surface area contributed by atoms with Gasteiger partial charge in [-0.05, 0) is 35.3 Å². The lowest BCUT2D eigenvalue weighted by Crippen LogP contribution is -2.36. The molecule has 3 nitrogen and oxygen atoms in total. The zero-order valence-corrected chi connectivity index (χ0v) is 11.8. The molecule has 1 N–H and O–H groups in total. The molecule has 1 aromatic rings. The zero-order valence-electron chi connectivity index (χ0n) is 9.42. The Morgan fingerprint density at radius 1 is 1.69 bits per heavy atom. The molecule has 2 heterocycles. The minimum absolute atomic E-state index is 0.00572. The van der Waals surface area contributed by atoms with Crippen molar-refractivity contribution < 1.29 is 4.79 Å². The highest BCUT2D eigenvalue weighted by molar-refractivity contribution is 9.10. The van der Waals surface area contributed by atoms with Gasteiger partial charge in [0.2, 0.25) is 5.91 Å². The topological polar surface area (TPSA) is 32.3 Å². The number of thiophene rings is 1. The van der Waals surface area contributed by atoms with Gasteiger partial charge in [-0.25, -0.2) is 0 Å². The third kappa shape index (κ3) is 2.47. The van der Waals surface area contributed by atoms with Crippen molar-refractivity contribution in [3.63, 3.8) is 0 Å². The second-order valence-electron chi connectivity index (χ2n) is 4.10. The van der Waals surface area contributed by atoms with Crippen molar-refractivity contribution in [3.8, 4) is 0 Å². The van der Waals surface area contributed by atoms with E-state index in [0.29, 0.717) is 0 Å².